The molecule has 0 aliphatic heterocycles. The second kappa shape index (κ2) is 3.31. The van der Waals surface area contributed by atoms with Gasteiger partial charge in [-0.1, -0.05) is 12.1 Å². The van der Waals surface area contributed by atoms with Crippen LogP contribution in [0.25, 0.3) is 16.7 Å². The van der Waals surface area contributed by atoms with Gasteiger partial charge in [-0.2, -0.15) is 10.2 Å². The summed E-state index contributed by atoms with van der Waals surface area (Å²) >= 11 is 0. The van der Waals surface area contributed by atoms with E-state index in [9.17, 15) is 4.39 Å². The lowest BCUT2D eigenvalue weighted by Crippen LogP contribution is -2.00. The maximum atomic E-state index is 13.7. The number of nitrogens with zero attached hydrogens (tertiary/aromatic N) is 3. The molecule has 2 heterocycles. The van der Waals surface area contributed by atoms with Gasteiger partial charge in [0, 0.05) is 0 Å². The number of aromatic amines is 1. The number of nitrogens with two attached hydrogens (primary N) is 1. The monoisotopic (exact) mass is 231 g/mol. The van der Waals surface area contributed by atoms with Gasteiger partial charge in [0.15, 0.2) is 5.65 Å². The maximum absolute atomic E-state index is 13.7. The van der Waals surface area contributed by atoms with E-state index in [0.717, 1.165) is 11.1 Å². The summed E-state index contributed by atoms with van der Waals surface area (Å²) in [5.74, 6) is 0.0959. The standard InChI is InChI=1S/C11H10FN5/c1-6-9-10(13)14-15-11(9)17(16-6)8-5-3-2-4-7(8)12/h2-5H,1H3,(H3,13,14,15). The molecular formula is C11H10FN5. The minimum Gasteiger partial charge on any atom is -0.383 e. The van der Waals surface area contributed by atoms with Crippen molar-refractivity contribution in [1.29, 1.82) is 0 Å². The van der Waals surface area contributed by atoms with Crippen LogP contribution in [0.4, 0.5) is 10.2 Å². The number of hydrogen-bond acceptors (Lipinski definition) is 3. The summed E-state index contributed by atoms with van der Waals surface area (Å²) in [7, 11) is 0. The summed E-state index contributed by atoms with van der Waals surface area (Å²) in [6.07, 6.45) is 0. The maximum Gasteiger partial charge on any atom is 0.186 e. The van der Waals surface area contributed by atoms with E-state index in [-0.39, 0.29) is 5.82 Å². The largest absolute Gasteiger partial charge is 0.383 e. The second-order valence-corrected chi connectivity index (χ2v) is 3.78. The Balaban J connectivity index is 2.35. The summed E-state index contributed by atoms with van der Waals surface area (Å²) in [5.41, 5.74) is 7.35. The van der Waals surface area contributed by atoms with E-state index >= 15 is 0 Å². The molecule has 0 atom stereocenters. The molecule has 0 unspecified atom stereocenters. The Morgan fingerprint density at radius 2 is 2.12 bits per heavy atom. The summed E-state index contributed by atoms with van der Waals surface area (Å²) in [5, 5.41) is 11.7. The summed E-state index contributed by atoms with van der Waals surface area (Å²) < 4.78 is 15.1. The minimum absolute atomic E-state index is 0.349. The molecule has 17 heavy (non-hydrogen) atoms. The molecular weight excluding hydrogens is 221 g/mol. The highest BCUT2D eigenvalue weighted by Gasteiger charge is 2.16. The van der Waals surface area contributed by atoms with Gasteiger partial charge >= 0.3 is 0 Å². The van der Waals surface area contributed by atoms with Crippen molar-refractivity contribution in [3.05, 3.63) is 35.8 Å². The zero-order chi connectivity index (χ0) is 12.0. The van der Waals surface area contributed by atoms with E-state index in [1.54, 1.807) is 18.2 Å². The molecule has 3 rings (SSSR count). The molecule has 0 saturated carbocycles. The molecule has 0 aliphatic rings. The van der Waals surface area contributed by atoms with Crippen LogP contribution < -0.4 is 5.73 Å². The zero-order valence-corrected chi connectivity index (χ0v) is 9.11. The molecule has 6 heteroatoms. The van der Waals surface area contributed by atoms with Crippen LogP contribution in [0.15, 0.2) is 24.3 Å². The number of aryl methyl sites for hydroxylation is 1. The lowest BCUT2D eigenvalue weighted by atomic mass is 10.3. The number of nitrogens with one attached hydrogen (secondary N) is 1. The molecule has 0 spiro atoms. The molecule has 0 aliphatic carbocycles. The van der Waals surface area contributed by atoms with E-state index in [1.165, 1.54) is 10.7 Å². The molecule has 3 aromatic rings. The second-order valence-electron chi connectivity index (χ2n) is 3.78. The van der Waals surface area contributed by atoms with E-state index in [0.29, 0.717) is 17.2 Å². The van der Waals surface area contributed by atoms with Gasteiger partial charge in [-0.15, -0.1) is 0 Å². The van der Waals surface area contributed by atoms with Gasteiger partial charge in [-0.3, -0.25) is 5.10 Å². The van der Waals surface area contributed by atoms with Crippen LogP contribution in [0.1, 0.15) is 5.69 Å². The van der Waals surface area contributed by atoms with Crippen LogP contribution in [0.5, 0.6) is 0 Å². The number of benzene rings is 1. The van der Waals surface area contributed by atoms with Crippen molar-refractivity contribution in [2.45, 2.75) is 6.92 Å². The lowest BCUT2D eigenvalue weighted by molar-refractivity contribution is 0.612. The first-order valence-electron chi connectivity index (χ1n) is 5.12. The van der Waals surface area contributed by atoms with Crippen molar-refractivity contribution in [3.8, 4) is 5.69 Å². The summed E-state index contributed by atoms with van der Waals surface area (Å²) in [6.45, 7) is 1.81. The summed E-state index contributed by atoms with van der Waals surface area (Å²) in [4.78, 5) is 0. The van der Waals surface area contributed by atoms with Crippen LogP contribution >= 0.6 is 0 Å². The Bertz CT molecular complexity index is 697. The first-order chi connectivity index (χ1) is 8.18. The Hall–Kier alpha value is -2.37. The molecule has 5 nitrogen and oxygen atoms in total. The zero-order valence-electron chi connectivity index (χ0n) is 9.11. The Labute approximate surface area is 96.0 Å². The number of aromatic nitrogens is 4. The lowest BCUT2D eigenvalue weighted by Gasteiger charge is -2.02. The van der Waals surface area contributed by atoms with E-state index < -0.39 is 0 Å². The van der Waals surface area contributed by atoms with E-state index in [4.69, 9.17) is 5.73 Å². The third kappa shape index (κ3) is 1.30. The third-order valence-electron chi connectivity index (χ3n) is 2.67. The fraction of sp³-hybridized carbons (Fsp3) is 0.0909. The number of H-pyrrole nitrogens is 1. The van der Waals surface area contributed by atoms with Crippen molar-refractivity contribution < 1.29 is 4.39 Å². The van der Waals surface area contributed by atoms with E-state index in [1.807, 2.05) is 6.92 Å². The van der Waals surface area contributed by atoms with Crippen molar-refractivity contribution in [3.63, 3.8) is 0 Å². The van der Waals surface area contributed by atoms with Crippen molar-refractivity contribution >= 4 is 16.9 Å². The van der Waals surface area contributed by atoms with Gasteiger partial charge < -0.3 is 5.73 Å². The molecule has 0 radical (unpaired) electrons. The van der Waals surface area contributed by atoms with Crippen LogP contribution in [0, 0.1) is 12.7 Å². The Kier molecular flexibility index (Phi) is 1.91. The van der Waals surface area contributed by atoms with Gasteiger partial charge in [-0.05, 0) is 19.1 Å². The molecule has 1 aromatic carbocycles. The molecule has 0 bridgehead atoms. The Morgan fingerprint density at radius 3 is 2.88 bits per heavy atom. The molecule has 0 amide bonds. The number of anilines is 1. The molecule has 2 aromatic heterocycles. The van der Waals surface area contributed by atoms with Crippen molar-refractivity contribution in [2.75, 3.05) is 5.73 Å². The highest BCUT2D eigenvalue weighted by atomic mass is 19.1. The first kappa shape index (κ1) is 9.83. The average molecular weight is 231 g/mol. The molecule has 0 fully saturated rings. The SMILES string of the molecule is Cc1nn(-c2ccccc2F)c2n[nH]c(N)c12. The highest BCUT2D eigenvalue weighted by Crippen LogP contribution is 2.24. The number of halogens is 1. The quantitative estimate of drug-likeness (QED) is 0.670. The highest BCUT2D eigenvalue weighted by molar-refractivity contribution is 5.89. The molecule has 0 saturated heterocycles. The number of hydrogen-bond donors (Lipinski definition) is 2. The van der Waals surface area contributed by atoms with Crippen LogP contribution in [-0.4, -0.2) is 20.0 Å². The van der Waals surface area contributed by atoms with Crippen molar-refractivity contribution in [1.82, 2.24) is 20.0 Å². The van der Waals surface area contributed by atoms with Gasteiger partial charge in [0.05, 0.1) is 11.1 Å². The normalized spacial score (nSPS) is 11.2. The third-order valence-corrected chi connectivity index (χ3v) is 2.67. The minimum atomic E-state index is -0.349. The summed E-state index contributed by atoms with van der Waals surface area (Å²) in [6, 6.07) is 6.41. The van der Waals surface area contributed by atoms with Crippen LogP contribution in [-0.2, 0) is 0 Å². The smallest absolute Gasteiger partial charge is 0.186 e. The number of fused-ring (bicyclic) bond motifs is 1. The first-order valence-corrected chi connectivity index (χ1v) is 5.12. The fourth-order valence-electron chi connectivity index (χ4n) is 1.89. The van der Waals surface area contributed by atoms with Crippen LogP contribution in [0.2, 0.25) is 0 Å². The Morgan fingerprint density at radius 1 is 1.35 bits per heavy atom. The van der Waals surface area contributed by atoms with Gasteiger partial charge in [0.25, 0.3) is 0 Å². The van der Waals surface area contributed by atoms with Gasteiger partial charge in [-0.25, -0.2) is 9.07 Å². The molecule has 86 valence electrons. The van der Waals surface area contributed by atoms with Crippen molar-refractivity contribution in [2.24, 2.45) is 0 Å². The molecule has 3 N–H and O–H groups in total. The fourth-order valence-corrected chi connectivity index (χ4v) is 1.89. The predicted molar refractivity (Wildman–Crippen MR) is 62.3 cm³/mol. The average Bonchev–Trinajstić information content (AvgIpc) is 2.83. The predicted octanol–water partition coefficient (Wildman–Crippen LogP) is 1.78. The van der Waals surface area contributed by atoms with E-state index in [2.05, 4.69) is 15.3 Å². The van der Waals surface area contributed by atoms with Gasteiger partial charge in [0.1, 0.15) is 17.3 Å². The number of nitrogen functional groups attached to an aromatic ring is 1. The van der Waals surface area contributed by atoms with Crippen LogP contribution in [0.3, 0.4) is 0 Å². The number of para-hydroxylation sites is 1. The number of rotatable bonds is 1. The topological polar surface area (TPSA) is 72.5 Å². The van der Waals surface area contributed by atoms with Gasteiger partial charge in [0.2, 0.25) is 0 Å².